The lowest BCUT2D eigenvalue weighted by molar-refractivity contribution is 0.0616. The molecule has 0 radical (unpaired) electrons. The highest BCUT2D eigenvalue weighted by Crippen LogP contribution is 2.11. The van der Waals surface area contributed by atoms with Gasteiger partial charge in [-0.05, 0) is 12.8 Å². The summed E-state index contributed by atoms with van der Waals surface area (Å²) in [7, 11) is 0. The largest absolute Gasteiger partial charge is 0.395 e. The predicted molar refractivity (Wildman–Crippen MR) is 64.5 cm³/mol. The summed E-state index contributed by atoms with van der Waals surface area (Å²) in [6.45, 7) is 4.36. The first-order valence-electron chi connectivity index (χ1n) is 5.92. The van der Waals surface area contributed by atoms with E-state index in [1.807, 2.05) is 13.8 Å². The number of hydrogen-bond acceptors (Lipinski definition) is 4. The zero-order chi connectivity index (χ0) is 12.7. The molecule has 0 fully saturated rings. The van der Waals surface area contributed by atoms with E-state index < -0.39 is 0 Å². The summed E-state index contributed by atoms with van der Waals surface area (Å²) in [5.74, 6) is -0.166. The van der Waals surface area contributed by atoms with Crippen LogP contribution in [0.4, 0.5) is 0 Å². The fourth-order valence-electron chi connectivity index (χ4n) is 1.84. The molecule has 0 unspecified atom stereocenters. The van der Waals surface area contributed by atoms with Crippen molar-refractivity contribution >= 4 is 5.91 Å². The molecule has 0 saturated heterocycles. The maximum absolute atomic E-state index is 12.2. The fourth-order valence-corrected chi connectivity index (χ4v) is 1.84. The SMILES string of the molecule is CCC(CC)N(CCO)C(=O)c1cnccn1. The summed E-state index contributed by atoms with van der Waals surface area (Å²) in [4.78, 5) is 21.8. The molecule has 0 aliphatic heterocycles. The minimum atomic E-state index is -0.166. The number of hydrogen-bond donors (Lipinski definition) is 1. The van der Waals surface area contributed by atoms with E-state index in [0.717, 1.165) is 12.8 Å². The van der Waals surface area contributed by atoms with Crippen molar-refractivity contribution in [3.05, 3.63) is 24.3 Å². The molecule has 17 heavy (non-hydrogen) atoms. The summed E-state index contributed by atoms with van der Waals surface area (Å²) >= 11 is 0. The number of aromatic nitrogens is 2. The predicted octanol–water partition coefficient (Wildman–Crippen LogP) is 1.10. The Hall–Kier alpha value is -1.49. The van der Waals surface area contributed by atoms with E-state index in [4.69, 9.17) is 5.11 Å². The molecule has 1 N–H and O–H groups in total. The van der Waals surface area contributed by atoms with Crippen LogP contribution in [0.3, 0.4) is 0 Å². The maximum Gasteiger partial charge on any atom is 0.274 e. The Labute approximate surface area is 102 Å². The van der Waals surface area contributed by atoms with Gasteiger partial charge in [-0.25, -0.2) is 4.98 Å². The Kier molecular flexibility index (Phi) is 5.56. The van der Waals surface area contributed by atoms with Gasteiger partial charge < -0.3 is 10.0 Å². The van der Waals surface area contributed by atoms with E-state index >= 15 is 0 Å². The number of aliphatic hydroxyl groups excluding tert-OH is 1. The number of carbonyl (C=O) groups is 1. The van der Waals surface area contributed by atoms with Crippen molar-refractivity contribution in [3.63, 3.8) is 0 Å². The zero-order valence-corrected chi connectivity index (χ0v) is 10.3. The number of nitrogens with zero attached hydrogens (tertiary/aromatic N) is 3. The van der Waals surface area contributed by atoms with Gasteiger partial charge in [0.15, 0.2) is 0 Å². The van der Waals surface area contributed by atoms with Gasteiger partial charge in [-0.15, -0.1) is 0 Å². The van der Waals surface area contributed by atoms with Crippen molar-refractivity contribution in [2.75, 3.05) is 13.2 Å². The molecular weight excluding hydrogens is 218 g/mol. The number of rotatable bonds is 6. The molecule has 5 nitrogen and oxygen atoms in total. The molecule has 1 heterocycles. The average molecular weight is 237 g/mol. The van der Waals surface area contributed by atoms with Gasteiger partial charge in [0, 0.05) is 25.0 Å². The second-order valence-electron chi connectivity index (χ2n) is 3.78. The highest BCUT2D eigenvalue weighted by molar-refractivity contribution is 5.92. The van der Waals surface area contributed by atoms with E-state index in [0.29, 0.717) is 12.2 Å². The molecule has 0 bridgehead atoms. The monoisotopic (exact) mass is 237 g/mol. The molecule has 5 heteroatoms. The smallest absolute Gasteiger partial charge is 0.274 e. The lowest BCUT2D eigenvalue weighted by atomic mass is 10.1. The van der Waals surface area contributed by atoms with Crippen LogP contribution in [0.2, 0.25) is 0 Å². The molecule has 0 saturated carbocycles. The van der Waals surface area contributed by atoms with Crippen molar-refractivity contribution in [1.82, 2.24) is 14.9 Å². The topological polar surface area (TPSA) is 66.3 Å². The molecule has 0 aliphatic carbocycles. The molecular formula is C12H19N3O2. The lowest BCUT2D eigenvalue weighted by Crippen LogP contribution is -2.42. The Morgan fingerprint density at radius 2 is 2.12 bits per heavy atom. The molecule has 0 spiro atoms. The standard InChI is InChI=1S/C12H19N3O2/c1-3-10(4-2)15(7-8-16)12(17)11-9-13-5-6-14-11/h5-6,9-10,16H,3-4,7-8H2,1-2H3. The van der Waals surface area contributed by atoms with Gasteiger partial charge in [0.25, 0.3) is 5.91 Å². The van der Waals surface area contributed by atoms with Crippen molar-refractivity contribution in [2.24, 2.45) is 0 Å². The summed E-state index contributed by atoms with van der Waals surface area (Å²) in [6, 6.07) is 0.136. The van der Waals surface area contributed by atoms with Gasteiger partial charge >= 0.3 is 0 Å². The van der Waals surface area contributed by atoms with Crippen molar-refractivity contribution in [3.8, 4) is 0 Å². The Bertz CT molecular complexity index is 339. The van der Waals surface area contributed by atoms with Crippen LogP contribution in [0, 0.1) is 0 Å². The minimum Gasteiger partial charge on any atom is -0.395 e. The summed E-state index contributed by atoms with van der Waals surface area (Å²) < 4.78 is 0. The van der Waals surface area contributed by atoms with Crippen LogP contribution in [0.25, 0.3) is 0 Å². The molecule has 0 aromatic carbocycles. The Morgan fingerprint density at radius 3 is 2.59 bits per heavy atom. The van der Waals surface area contributed by atoms with Crippen LogP contribution in [0.5, 0.6) is 0 Å². The van der Waals surface area contributed by atoms with E-state index in [2.05, 4.69) is 9.97 Å². The fraction of sp³-hybridized carbons (Fsp3) is 0.583. The molecule has 1 rings (SSSR count). The van der Waals surface area contributed by atoms with Gasteiger partial charge in [0.2, 0.25) is 0 Å². The van der Waals surface area contributed by atoms with E-state index in [-0.39, 0.29) is 18.6 Å². The third-order valence-electron chi connectivity index (χ3n) is 2.77. The van der Waals surface area contributed by atoms with E-state index in [1.54, 1.807) is 4.90 Å². The number of carbonyl (C=O) groups excluding carboxylic acids is 1. The molecule has 1 aromatic heterocycles. The molecule has 1 aromatic rings. The van der Waals surface area contributed by atoms with Crippen LogP contribution in [0.1, 0.15) is 37.2 Å². The highest BCUT2D eigenvalue weighted by atomic mass is 16.3. The van der Waals surface area contributed by atoms with E-state index in [1.165, 1.54) is 18.6 Å². The lowest BCUT2D eigenvalue weighted by Gasteiger charge is -2.29. The zero-order valence-electron chi connectivity index (χ0n) is 10.3. The van der Waals surface area contributed by atoms with Crippen LogP contribution in [-0.4, -0.2) is 45.1 Å². The normalized spacial score (nSPS) is 10.6. The highest BCUT2D eigenvalue weighted by Gasteiger charge is 2.22. The molecule has 1 amide bonds. The van der Waals surface area contributed by atoms with E-state index in [9.17, 15) is 4.79 Å². The van der Waals surface area contributed by atoms with Gasteiger partial charge in [0.05, 0.1) is 12.8 Å². The molecule has 0 atom stereocenters. The van der Waals surface area contributed by atoms with Gasteiger partial charge in [-0.2, -0.15) is 0 Å². The Balaban J connectivity index is 2.87. The molecule has 0 aliphatic rings. The van der Waals surface area contributed by atoms with Crippen LogP contribution >= 0.6 is 0 Å². The third-order valence-corrected chi connectivity index (χ3v) is 2.77. The van der Waals surface area contributed by atoms with Gasteiger partial charge in [0.1, 0.15) is 5.69 Å². The van der Waals surface area contributed by atoms with Gasteiger partial charge in [-0.3, -0.25) is 9.78 Å². The number of amides is 1. The Morgan fingerprint density at radius 1 is 1.41 bits per heavy atom. The minimum absolute atomic E-state index is 0.0392. The first kappa shape index (κ1) is 13.6. The average Bonchev–Trinajstić information content (AvgIpc) is 2.39. The second kappa shape index (κ2) is 6.96. The molecule has 94 valence electrons. The summed E-state index contributed by atoms with van der Waals surface area (Å²) in [5, 5.41) is 9.04. The van der Waals surface area contributed by atoms with Crippen molar-refractivity contribution in [1.29, 1.82) is 0 Å². The number of aliphatic hydroxyl groups is 1. The van der Waals surface area contributed by atoms with Crippen LogP contribution < -0.4 is 0 Å². The first-order chi connectivity index (χ1) is 8.24. The maximum atomic E-state index is 12.2. The second-order valence-corrected chi connectivity index (χ2v) is 3.78. The summed E-state index contributed by atoms with van der Waals surface area (Å²) in [6.07, 6.45) is 6.21. The van der Waals surface area contributed by atoms with Crippen LogP contribution in [0.15, 0.2) is 18.6 Å². The van der Waals surface area contributed by atoms with Crippen LogP contribution in [-0.2, 0) is 0 Å². The quantitative estimate of drug-likeness (QED) is 0.804. The summed E-state index contributed by atoms with van der Waals surface area (Å²) in [5.41, 5.74) is 0.327. The van der Waals surface area contributed by atoms with Gasteiger partial charge in [-0.1, -0.05) is 13.8 Å². The third kappa shape index (κ3) is 3.49. The van der Waals surface area contributed by atoms with Crippen molar-refractivity contribution < 1.29 is 9.90 Å². The van der Waals surface area contributed by atoms with Crippen molar-refractivity contribution in [2.45, 2.75) is 32.7 Å². The first-order valence-corrected chi connectivity index (χ1v) is 5.92.